The largest absolute Gasteiger partial charge is 0.465 e. The van der Waals surface area contributed by atoms with Crippen molar-refractivity contribution < 1.29 is 14.3 Å². The zero-order chi connectivity index (χ0) is 13.8. The van der Waals surface area contributed by atoms with Gasteiger partial charge in [0.2, 0.25) is 5.91 Å². The Hall–Kier alpha value is -2.24. The number of amides is 1. The van der Waals surface area contributed by atoms with E-state index in [1.54, 1.807) is 18.2 Å². The van der Waals surface area contributed by atoms with E-state index in [9.17, 15) is 9.59 Å². The van der Waals surface area contributed by atoms with Gasteiger partial charge in [-0.3, -0.25) is 4.79 Å². The molecule has 0 heterocycles. The molecule has 1 aliphatic rings. The van der Waals surface area contributed by atoms with Crippen molar-refractivity contribution >= 4 is 23.3 Å². The maximum absolute atomic E-state index is 11.5. The standard InChI is InChI=1S/C13H17N3O3/c1-19-13(18)8-2-5-10(14)11(6-8)15-7-12(17)16-9-3-4-9/h2,5-6,9,15H,3-4,7,14H2,1H3,(H,16,17). The van der Waals surface area contributed by atoms with Crippen LogP contribution in [-0.4, -0.2) is 31.6 Å². The monoisotopic (exact) mass is 263 g/mol. The van der Waals surface area contributed by atoms with E-state index in [1.165, 1.54) is 7.11 Å². The minimum atomic E-state index is -0.439. The number of nitrogen functional groups attached to an aromatic ring is 1. The second-order valence-electron chi connectivity index (χ2n) is 4.49. The molecule has 102 valence electrons. The average molecular weight is 263 g/mol. The van der Waals surface area contributed by atoms with E-state index in [4.69, 9.17) is 5.73 Å². The summed E-state index contributed by atoms with van der Waals surface area (Å²) < 4.78 is 4.63. The van der Waals surface area contributed by atoms with Gasteiger partial charge in [0.25, 0.3) is 0 Å². The van der Waals surface area contributed by atoms with E-state index in [2.05, 4.69) is 15.4 Å². The molecule has 0 aromatic heterocycles. The molecule has 0 atom stereocenters. The van der Waals surface area contributed by atoms with Gasteiger partial charge in [-0.15, -0.1) is 0 Å². The summed E-state index contributed by atoms with van der Waals surface area (Å²) in [5.74, 6) is -0.518. The van der Waals surface area contributed by atoms with Crippen LogP contribution in [0.5, 0.6) is 0 Å². The number of esters is 1. The van der Waals surface area contributed by atoms with Crippen LogP contribution in [0.15, 0.2) is 18.2 Å². The van der Waals surface area contributed by atoms with Gasteiger partial charge in [-0.1, -0.05) is 0 Å². The van der Waals surface area contributed by atoms with Crippen LogP contribution in [-0.2, 0) is 9.53 Å². The van der Waals surface area contributed by atoms with Crippen molar-refractivity contribution in [3.05, 3.63) is 23.8 Å². The summed E-state index contributed by atoms with van der Waals surface area (Å²) >= 11 is 0. The molecule has 0 saturated heterocycles. The van der Waals surface area contributed by atoms with Crippen LogP contribution < -0.4 is 16.4 Å². The smallest absolute Gasteiger partial charge is 0.337 e. The number of anilines is 2. The number of nitrogens with one attached hydrogen (secondary N) is 2. The number of hydrogen-bond donors (Lipinski definition) is 3. The number of nitrogens with two attached hydrogens (primary N) is 1. The van der Waals surface area contributed by atoms with Gasteiger partial charge in [0.1, 0.15) is 0 Å². The molecule has 0 aliphatic heterocycles. The number of carbonyl (C=O) groups excluding carboxylic acids is 2. The Morgan fingerprint density at radius 3 is 2.79 bits per heavy atom. The lowest BCUT2D eigenvalue weighted by Crippen LogP contribution is -2.31. The first-order valence-electron chi connectivity index (χ1n) is 6.11. The number of hydrogen-bond acceptors (Lipinski definition) is 5. The first kappa shape index (κ1) is 13.2. The summed E-state index contributed by atoms with van der Waals surface area (Å²) in [5.41, 5.74) is 7.20. The van der Waals surface area contributed by atoms with E-state index in [0.29, 0.717) is 23.0 Å². The Labute approximate surface area is 111 Å². The number of rotatable bonds is 5. The van der Waals surface area contributed by atoms with Crippen molar-refractivity contribution in [1.29, 1.82) is 0 Å². The third-order valence-corrected chi connectivity index (χ3v) is 2.86. The lowest BCUT2D eigenvalue weighted by atomic mass is 10.1. The van der Waals surface area contributed by atoms with Crippen LogP contribution in [0.25, 0.3) is 0 Å². The fourth-order valence-corrected chi connectivity index (χ4v) is 1.64. The highest BCUT2D eigenvalue weighted by atomic mass is 16.5. The van der Waals surface area contributed by atoms with E-state index >= 15 is 0 Å². The normalized spacial score (nSPS) is 13.7. The van der Waals surface area contributed by atoms with Crippen LogP contribution >= 0.6 is 0 Å². The predicted octanol–water partition coefficient (Wildman–Crippen LogP) is 0.746. The Morgan fingerprint density at radius 2 is 2.16 bits per heavy atom. The Balaban J connectivity index is 1.97. The minimum Gasteiger partial charge on any atom is -0.465 e. The van der Waals surface area contributed by atoms with Gasteiger partial charge < -0.3 is 21.1 Å². The molecule has 6 heteroatoms. The topological polar surface area (TPSA) is 93.4 Å². The molecule has 1 saturated carbocycles. The molecule has 1 aliphatic carbocycles. The van der Waals surface area contributed by atoms with Gasteiger partial charge in [0, 0.05) is 6.04 Å². The highest BCUT2D eigenvalue weighted by Gasteiger charge is 2.22. The van der Waals surface area contributed by atoms with Crippen LogP contribution in [0.1, 0.15) is 23.2 Å². The fraction of sp³-hybridized carbons (Fsp3) is 0.385. The Morgan fingerprint density at radius 1 is 1.42 bits per heavy atom. The molecule has 19 heavy (non-hydrogen) atoms. The minimum absolute atomic E-state index is 0.0784. The molecule has 1 amide bonds. The first-order valence-corrected chi connectivity index (χ1v) is 6.11. The third-order valence-electron chi connectivity index (χ3n) is 2.86. The molecule has 0 bridgehead atoms. The van der Waals surface area contributed by atoms with E-state index in [-0.39, 0.29) is 12.5 Å². The fourth-order valence-electron chi connectivity index (χ4n) is 1.64. The molecule has 1 aromatic rings. The van der Waals surface area contributed by atoms with Crippen molar-refractivity contribution in [2.45, 2.75) is 18.9 Å². The first-order chi connectivity index (χ1) is 9.10. The van der Waals surface area contributed by atoms with Crippen molar-refractivity contribution in [3.63, 3.8) is 0 Å². The second-order valence-corrected chi connectivity index (χ2v) is 4.49. The van der Waals surface area contributed by atoms with E-state index in [0.717, 1.165) is 12.8 Å². The summed E-state index contributed by atoms with van der Waals surface area (Å²) in [7, 11) is 1.31. The number of benzene rings is 1. The lowest BCUT2D eigenvalue weighted by molar-refractivity contribution is -0.119. The van der Waals surface area contributed by atoms with E-state index < -0.39 is 5.97 Å². The Kier molecular flexibility index (Phi) is 3.89. The lowest BCUT2D eigenvalue weighted by Gasteiger charge is -2.10. The van der Waals surface area contributed by atoms with Gasteiger partial charge in [-0.05, 0) is 31.0 Å². The molecule has 0 spiro atoms. The molecular weight excluding hydrogens is 246 g/mol. The quantitative estimate of drug-likeness (QED) is 0.538. The second kappa shape index (κ2) is 5.60. The van der Waals surface area contributed by atoms with Crippen molar-refractivity contribution in [2.75, 3.05) is 24.7 Å². The molecule has 1 fully saturated rings. The van der Waals surface area contributed by atoms with Crippen LogP contribution in [0.2, 0.25) is 0 Å². The number of ether oxygens (including phenoxy) is 1. The molecule has 0 unspecified atom stereocenters. The molecule has 4 N–H and O–H groups in total. The van der Waals surface area contributed by atoms with Crippen molar-refractivity contribution in [3.8, 4) is 0 Å². The zero-order valence-electron chi connectivity index (χ0n) is 10.7. The van der Waals surface area contributed by atoms with Gasteiger partial charge in [0.05, 0.1) is 30.6 Å². The average Bonchev–Trinajstić information content (AvgIpc) is 3.20. The summed E-state index contributed by atoms with van der Waals surface area (Å²) in [4.78, 5) is 22.9. The van der Waals surface area contributed by atoms with Crippen LogP contribution in [0, 0.1) is 0 Å². The van der Waals surface area contributed by atoms with Gasteiger partial charge in [-0.2, -0.15) is 0 Å². The highest BCUT2D eigenvalue weighted by molar-refractivity contribution is 5.92. The number of carbonyl (C=O) groups is 2. The molecule has 2 rings (SSSR count). The van der Waals surface area contributed by atoms with Crippen molar-refractivity contribution in [2.24, 2.45) is 0 Å². The van der Waals surface area contributed by atoms with Gasteiger partial charge in [0.15, 0.2) is 0 Å². The molecular formula is C13H17N3O3. The summed E-state index contributed by atoms with van der Waals surface area (Å²) in [5, 5.41) is 5.78. The maximum Gasteiger partial charge on any atom is 0.337 e. The molecule has 0 radical (unpaired) electrons. The maximum atomic E-state index is 11.5. The predicted molar refractivity (Wildman–Crippen MR) is 71.8 cm³/mol. The highest BCUT2D eigenvalue weighted by Crippen LogP contribution is 2.21. The summed E-state index contributed by atoms with van der Waals surface area (Å²) in [6.45, 7) is 0.130. The van der Waals surface area contributed by atoms with Gasteiger partial charge in [-0.25, -0.2) is 4.79 Å². The third kappa shape index (κ3) is 3.61. The SMILES string of the molecule is COC(=O)c1ccc(N)c(NCC(=O)NC2CC2)c1. The van der Waals surface area contributed by atoms with Crippen LogP contribution in [0.4, 0.5) is 11.4 Å². The molecule has 6 nitrogen and oxygen atoms in total. The van der Waals surface area contributed by atoms with Gasteiger partial charge >= 0.3 is 5.97 Å². The Bertz CT molecular complexity index is 498. The van der Waals surface area contributed by atoms with Crippen molar-refractivity contribution in [1.82, 2.24) is 5.32 Å². The molecule has 1 aromatic carbocycles. The summed E-state index contributed by atoms with van der Waals surface area (Å²) in [6.07, 6.45) is 2.09. The summed E-state index contributed by atoms with van der Waals surface area (Å²) in [6, 6.07) is 5.09. The number of methoxy groups -OCH3 is 1. The zero-order valence-corrected chi connectivity index (χ0v) is 10.7. The van der Waals surface area contributed by atoms with Crippen LogP contribution in [0.3, 0.4) is 0 Å². The van der Waals surface area contributed by atoms with E-state index in [1.807, 2.05) is 0 Å².